The summed E-state index contributed by atoms with van der Waals surface area (Å²) in [6.45, 7) is 4.94. The Morgan fingerprint density at radius 2 is 2.14 bits per heavy atom. The van der Waals surface area contributed by atoms with Crippen molar-refractivity contribution in [1.29, 1.82) is 0 Å². The van der Waals surface area contributed by atoms with Crippen molar-refractivity contribution in [3.05, 3.63) is 12.2 Å². The van der Waals surface area contributed by atoms with E-state index < -0.39 is 6.04 Å². The Morgan fingerprint density at radius 3 is 2.81 bits per heavy atom. The smallest absolute Gasteiger partial charge is 0.246 e. The maximum absolute atomic E-state index is 12.6. The first kappa shape index (κ1) is 14.0. The third-order valence-corrected chi connectivity index (χ3v) is 4.23. The lowest BCUT2D eigenvalue weighted by atomic mass is 10.0. The summed E-state index contributed by atoms with van der Waals surface area (Å²) < 4.78 is 1.80. The number of carbonyl (C=O) groups excluding carboxylic acids is 2. The average molecular weight is 291 g/mol. The molecule has 114 valence electrons. The number of piperazine rings is 1. The Labute approximate surface area is 123 Å². The zero-order valence-corrected chi connectivity index (χ0v) is 12.5. The van der Waals surface area contributed by atoms with E-state index in [1.54, 1.807) is 16.5 Å². The van der Waals surface area contributed by atoms with E-state index in [2.05, 4.69) is 22.3 Å². The summed E-state index contributed by atoms with van der Waals surface area (Å²) in [6, 6.07) is -0.810. The van der Waals surface area contributed by atoms with Crippen LogP contribution < -0.4 is 5.32 Å². The summed E-state index contributed by atoms with van der Waals surface area (Å²) in [5, 5.41) is 7.03. The van der Waals surface area contributed by atoms with Gasteiger partial charge in [-0.25, -0.2) is 9.67 Å². The zero-order chi connectivity index (χ0) is 15.0. The topological polar surface area (TPSA) is 80.1 Å². The first-order valence-corrected chi connectivity index (χ1v) is 7.59. The Balaban J connectivity index is 1.79. The van der Waals surface area contributed by atoms with Gasteiger partial charge in [-0.3, -0.25) is 9.59 Å². The van der Waals surface area contributed by atoms with Crippen LogP contribution in [0, 0.1) is 5.92 Å². The molecule has 1 saturated carbocycles. The summed E-state index contributed by atoms with van der Waals surface area (Å²) in [4.78, 5) is 30.6. The molecule has 0 radical (unpaired) electrons. The molecule has 0 aromatic carbocycles. The monoisotopic (exact) mass is 291 g/mol. The predicted octanol–water partition coefficient (Wildman–Crippen LogP) is 0.314. The van der Waals surface area contributed by atoms with Gasteiger partial charge in [-0.2, -0.15) is 5.10 Å². The summed E-state index contributed by atoms with van der Waals surface area (Å²) in [7, 11) is 0. The number of rotatable bonds is 5. The molecule has 21 heavy (non-hydrogen) atoms. The molecule has 1 aliphatic carbocycles. The van der Waals surface area contributed by atoms with Gasteiger partial charge in [-0.1, -0.05) is 6.92 Å². The third kappa shape index (κ3) is 2.64. The van der Waals surface area contributed by atoms with E-state index in [1.165, 1.54) is 6.33 Å². The molecule has 1 aromatic heterocycles. The molecule has 3 rings (SSSR count). The van der Waals surface area contributed by atoms with E-state index in [9.17, 15) is 9.59 Å². The molecule has 2 amide bonds. The Bertz CT molecular complexity index is 551. The first-order chi connectivity index (χ1) is 10.1. The molecule has 0 spiro atoms. The van der Waals surface area contributed by atoms with E-state index in [-0.39, 0.29) is 17.9 Å². The standard InChI is InChI=1S/C14H21N5O2/c1-3-6-19-11(15-8-16-19)7-18-9(2)13(20)17-12(14(18)21)10-4-5-10/h8-10,12H,3-7H2,1-2H3,(H,17,20). The molecular weight excluding hydrogens is 270 g/mol. The minimum Gasteiger partial charge on any atom is -0.342 e. The molecule has 7 heteroatoms. The normalized spacial score (nSPS) is 26.1. The average Bonchev–Trinajstić information content (AvgIpc) is 3.21. The fourth-order valence-corrected chi connectivity index (χ4v) is 2.77. The molecule has 2 aliphatic rings. The highest BCUT2D eigenvalue weighted by Crippen LogP contribution is 2.35. The van der Waals surface area contributed by atoms with Crippen LogP contribution in [0.5, 0.6) is 0 Å². The minimum absolute atomic E-state index is 0.00986. The largest absolute Gasteiger partial charge is 0.342 e. The van der Waals surface area contributed by atoms with Crippen molar-refractivity contribution in [3.8, 4) is 0 Å². The van der Waals surface area contributed by atoms with Crippen molar-refractivity contribution in [1.82, 2.24) is 25.0 Å². The predicted molar refractivity (Wildman–Crippen MR) is 75.0 cm³/mol. The van der Waals surface area contributed by atoms with Crippen LogP contribution >= 0.6 is 0 Å². The lowest BCUT2D eigenvalue weighted by Crippen LogP contribution is -2.62. The number of nitrogens with zero attached hydrogens (tertiary/aromatic N) is 4. The second-order valence-corrected chi connectivity index (χ2v) is 5.87. The first-order valence-electron chi connectivity index (χ1n) is 7.59. The molecule has 7 nitrogen and oxygen atoms in total. The van der Waals surface area contributed by atoms with Crippen LogP contribution in [0.2, 0.25) is 0 Å². The van der Waals surface area contributed by atoms with Gasteiger partial charge in [0, 0.05) is 6.54 Å². The van der Waals surface area contributed by atoms with Crippen LogP contribution in [0.15, 0.2) is 6.33 Å². The highest BCUT2D eigenvalue weighted by Gasteiger charge is 2.45. The second kappa shape index (κ2) is 5.46. The maximum Gasteiger partial charge on any atom is 0.246 e. The van der Waals surface area contributed by atoms with E-state index in [1.807, 2.05) is 0 Å². The van der Waals surface area contributed by atoms with Crippen molar-refractivity contribution in [2.75, 3.05) is 0 Å². The van der Waals surface area contributed by atoms with Gasteiger partial charge < -0.3 is 10.2 Å². The number of carbonyl (C=O) groups is 2. The molecule has 2 fully saturated rings. The minimum atomic E-state index is -0.459. The van der Waals surface area contributed by atoms with Gasteiger partial charge in [-0.05, 0) is 32.1 Å². The molecule has 1 N–H and O–H groups in total. The van der Waals surface area contributed by atoms with Crippen LogP contribution in [-0.2, 0) is 22.7 Å². The lowest BCUT2D eigenvalue weighted by Gasteiger charge is -2.37. The molecule has 0 bridgehead atoms. The van der Waals surface area contributed by atoms with Crippen LogP contribution in [0.4, 0.5) is 0 Å². The number of hydrogen-bond donors (Lipinski definition) is 1. The lowest BCUT2D eigenvalue weighted by molar-refractivity contribution is -0.150. The van der Waals surface area contributed by atoms with Crippen molar-refractivity contribution < 1.29 is 9.59 Å². The fraction of sp³-hybridized carbons (Fsp3) is 0.714. The van der Waals surface area contributed by atoms with Gasteiger partial charge in [0.1, 0.15) is 24.2 Å². The number of aryl methyl sites for hydroxylation is 1. The maximum atomic E-state index is 12.6. The van der Waals surface area contributed by atoms with E-state index in [0.717, 1.165) is 31.6 Å². The molecule has 2 unspecified atom stereocenters. The summed E-state index contributed by atoms with van der Waals surface area (Å²) in [5.41, 5.74) is 0. The van der Waals surface area contributed by atoms with Gasteiger partial charge >= 0.3 is 0 Å². The van der Waals surface area contributed by atoms with Crippen LogP contribution in [0.25, 0.3) is 0 Å². The molecule has 1 aromatic rings. The highest BCUT2D eigenvalue weighted by molar-refractivity contribution is 5.97. The number of nitrogens with one attached hydrogen (secondary N) is 1. The molecular formula is C14H21N5O2. The molecule has 2 atom stereocenters. The zero-order valence-electron chi connectivity index (χ0n) is 12.5. The Morgan fingerprint density at radius 1 is 1.38 bits per heavy atom. The highest BCUT2D eigenvalue weighted by atomic mass is 16.2. The third-order valence-electron chi connectivity index (χ3n) is 4.23. The van der Waals surface area contributed by atoms with Crippen LogP contribution in [0.3, 0.4) is 0 Å². The fourth-order valence-electron chi connectivity index (χ4n) is 2.77. The Hall–Kier alpha value is -1.92. The van der Waals surface area contributed by atoms with Crippen molar-refractivity contribution in [2.45, 2.75) is 58.3 Å². The van der Waals surface area contributed by atoms with Crippen LogP contribution in [-0.4, -0.2) is 43.6 Å². The SMILES string of the molecule is CCCn1ncnc1CN1C(=O)C(C2CC2)NC(=O)C1C. The van der Waals surface area contributed by atoms with Gasteiger partial charge in [0.15, 0.2) is 0 Å². The summed E-state index contributed by atoms with van der Waals surface area (Å²) in [6.07, 6.45) is 4.49. The summed E-state index contributed by atoms with van der Waals surface area (Å²) >= 11 is 0. The van der Waals surface area contributed by atoms with E-state index in [4.69, 9.17) is 0 Å². The van der Waals surface area contributed by atoms with Crippen molar-refractivity contribution in [2.24, 2.45) is 5.92 Å². The number of hydrogen-bond acceptors (Lipinski definition) is 4. The van der Waals surface area contributed by atoms with Crippen LogP contribution in [0.1, 0.15) is 38.9 Å². The van der Waals surface area contributed by atoms with Crippen molar-refractivity contribution in [3.63, 3.8) is 0 Å². The number of aromatic nitrogens is 3. The van der Waals surface area contributed by atoms with Gasteiger partial charge in [-0.15, -0.1) is 0 Å². The van der Waals surface area contributed by atoms with Gasteiger partial charge in [0.05, 0.1) is 6.54 Å². The van der Waals surface area contributed by atoms with Gasteiger partial charge in [0.25, 0.3) is 0 Å². The quantitative estimate of drug-likeness (QED) is 0.847. The second-order valence-electron chi connectivity index (χ2n) is 5.87. The summed E-state index contributed by atoms with van der Waals surface area (Å²) in [5.74, 6) is 0.981. The van der Waals surface area contributed by atoms with Crippen molar-refractivity contribution >= 4 is 11.8 Å². The molecule has 1 saturated heterocycles. The molecule has 2 heterocycles. The number of amides is 2. The molecule has 1 aliphatic heterocycles. The van der Waals surface area contributed by atoms with E-state index in [0.29, 0.717) is 12.5 Å². The van der Waals surface area contributed by atoms with E-state index >= 15 is 0 Å². The Kier molecular flexibility index (Phi) is 3.65. The van der Waals surface area contributed by atoms with Gasteiger partial charge in [0.2, 0.25) is 11.8 Å².